The van der Waals surface area contributed by atoms with Gasteiger partial charge in [0.05, 0.1) is 17.8 Å². The van der Waals surface area contributed by atoms with Crippen LogP contribution in [0.3, 0.4) is 0 Å². The fraction of sp³-hybridized carbons (Fsp3) is 0.185. The predicted octanol–water partition coefficient (Wildman–Crippen LogP) is 5.72. The summed E-state index contributed by atoms with van der Waals surface area (Å²) in [7, 11) is 0. The molecule has 0 saturated carbocycles. The number of ether oxygens (including phenoxy) is 1. The quantitative estimate of drug-likeness (QED) is 0.407. The molecular formula is C27H25NO3. The van der Waals surface area contributed by atoms with Gasteiger partial charge in [-0.2, -0.15) is 0 Å². The number of benzene rings is 3. The highest BCUT2D eigenvalue weighted by Crippen LogP contribution is 2.36. The molecule has 1 heterocycles. The van der Waals surface area contributed by atoms with Gasteiger partial charge in [-0.05, 0) is 73.4 Å². The zero-order valence-corrected chi connectivity index (χ0v) is 18.2. The molecule has 4 nitrogen and oxygen atoms in total. The first-order valence-corrected chi connectivity index (χ1v) is 10.4. The second-order valence-corrected chi connectivity index (χ2v) is 7.72. The molecule has 156 valence electrons. The van der Waals surface area contributed by atoms with Crippen molar-refractivity contribution in [3.63, 3.8) is 0 Å². The van der Waals surface area contributed by atoms with Crippen LogP contribution in [-0.2, 0) is 14.3 Å². The number of hydrogen-bond donors (Lipinski definition) is 0. The first kappa shape index (κ1) is 20.6. The SMILES string of the molecule is CCOC(=O)C1=C(C)N(c2ccc(C)c(C)c2)C(=O)C1=Cc1cccc2ccccc12. The Morgan fingerprint density at radius 2 is 1.71 bits per heavy atom. The van der Waals surface area contributed by atoms with Crippen molar-refractivity contribution in [2.24, 2.45) is 0 Å². The lowest BCUT2D eigenvalue weighted by molar-refractivity contribution is -0.138. The molecule has 0 saturated heterocycles. The van der Waals surface area contributed by atoms with E-state index < -0.39 is 5.97 Å². The number of nitrogens with zero attached hydrogens (tertiary/aromatic N) is 1. The van der Waals surface area contributed by atoms with Gasteiger partial charge in [0.25, 0.3) is 5.91 Å². The largest absolute Gasteiger partial charge is 0.462 e. The molecule has 0 spiro atoms. The number of carbonyl (C=O) groups excluding carboxylic acids is 2. The highest BCUT2D eigenvalue weighted by atomic mass is 16.5. The Bertz CT molecular complexity index is 1260. The van der Waals surface area contributed by atoms with Crippen LogP contribution in [0.2, 0.25) is 0 Å². The lowest BCUT2D eigenvalue weighted by atomic mass is 9.99. The monoisotopic (exact) mass is 411 g/mol. The number of allylic oxidation sites excluding steroid dienone is 1. The van der Waals surface area contributed by atoms with Crippen LogP contribution in [0.5, 0.6) is 0 Å². The molecule has 0 aliphatic carbocycles. The van der Waals surface area contributed by atoms with E-state index in [-0.39, 0.29) is 12.5 Å². The number of esters is 1. The molecule has 0 unspecified atom stereocenters. The van der Waals surface area contributed by atoms with Crippen molar-refractivity contribution >= 4 is 34.4 Å². The molecule has 3 aromatic rings. The molecule has 1 amide bonds. The van der Waals surface area contributed by atoms with Gasteiger partial charge in [0, 0.05) is 11.4 Å². The van der Waals surface area contributed by atoms with Gasteiger partial charge in [0.1, 0.15) is 0 Å². The fourth-order valence-electron chi connectivity index (χ4n) is 3.99. The summed E-state index contributed by atoms with van der Waals surface area (Å²) < 4.78 is 5.31. The fourth-order valence-corrected chi connectivity index (χ4v) is 3.99. The summed E-state index contributed by atoms with van der Waals surface area (Å²) in [6.45, 7) is 7.85. The van der Waals surface area contributed by atoms with Crippen molar-refractivity contribution in [1.82, 2.24) is 0 Å². The minimum absolute atomic E-state index is 0.225. The lowest BCUT2D eigenvalue weighted by Gasteiger charge is -2.19. The molecule has 3 aromatic carbocycles. The van der Waals surface area contributed by atoms with Crippen molar-refractivity contribution < 1.29 is 14.3 Å². The smallest absolute Gasteiger partial charge is 0.340 e. The summed E-state index contributed by atoms with van der Waals surface area (Å²) in [5.74, 6) is -0.706. The van der Waals surface area contributed by atoms with Gasteiger partial charge in [-0.3, -0.25) is 9.69 Å². The van der Waals surface area contributed by atoms with Crippen LogP contribution in [0, 0.1) is 13.8 Å². The number of amides is 1. The van der Waals surface area contributed by atoms with E-state index in [9.17, 15) is 9.59 Å². The molecule has 0 radical (unpaired) electrons. The van der Waals surface area contributed by atoms with Crippen molar-refractivity contribution in [2.75, 3.05) is 11.5 Å². The van der Waals surface area contributed by atoms with Crippen molar-refractivity contribution in [3.05, 3.63) is 94.2 Å². The van der Waals surface area contributed by atoms with E-state index in [4.69, 9.17) is 4.74 Å². The van der Waals surface area contributed by atoms with E-state index in [0.717, 1.165) is 33.2 Å². The van der Waals surface area contributed by atoms with Crippen LogP contribution in [0.4, 0.5) is 5.69 Å². The molecule has 1 aliphatic rings. The zero-order chi connectivity index (χ0) is 22.1. The van der Waals surface area contributed by atoms with Crippen LogP contribution in [0.1, 0.15) is 30.5 Å². The number of hydrogen-bond acceptors (Lipinski definition) is 3. The Morgan fingerprint density at radius 1 is 0.968 bits per heavy atom. The van der Waals surface area contributed by atoms with Crippen molar-refractivity contribution in [3.8, 4) is 0 Å². The third-order valence-corrected chi connectivity index (χ3v) is 5.75. The van der Waals surface area contributed by atoms with Crippen LogP contribution in [-0.4, -0.2) is 18.5 Å². The summed E-state index contributed by atoms with van der Waals surface area (Å²) in [5, 5.41) is 2.10. The van der Waals surface area contributed by atoms with E-state index in [1.165, 1.54) is 0 Å². The Hall–Kier alpha value is -3.66. The van der Waals surface area contributed by atoms with E-state index >= 15 is 0 Å². The van der Waals surface area contributed by atoms with E-state index in [1.54, 1.807) is 18.7 Å². The van der Waals surface area contributed by atoms with Gasteiger partial charge in [0.2, 0.25) is 0 Å². The summed E-state index contributed by atoms with van der Waals surface area (Å²) in [4.78, 5) is 28.1. The van der Waals surface area contributed by atoms with Gasteiger partial charge < -0.3 is 4.74 Å². The predicted molar refractivity (Wildman–Crippen MR) is 125 cm³/mol. The van der Waals surface area contributed by atoms with Gasteiger partial charge in [-0.1, -0.05) is 48.5 Å². The number of fused-ring (bicyclic) bond motifs is 1. The molecule has 1 aliphatic heterocycles. The van der Waals surface area contributed by atoms with Gasteiger partial charge in [0.15, 0.2) is 0 Å². The molecule has 4 heteroatoms. The summed E-state index contributed by atoms with van der Waals surface area (Å²) >= 11 is 0. The molecule has 0 atom stereocenters. The van der Waals surface area contributed by atoms with Crippen molar-refractivity contribution in [2.45, 2.75) is 27.7 Å². The molecule has 31 heavy (non-hydrogen) atoms. The first-order chi connectivity index (χ1) is 14.9. The topological polar surface area (TPSA) is 46.6 Å². The average Bonchev–Trinajstić information content (AvgIpc) is 3.00. The molecule has 0 aromatic heterocycles. The molecule has 0 fully saturated rings. The lowest BCUT2D eigenvalue weighted by Crippen LogP contribution is -2.24. The second kappa shape index (κ2) is 8.23. The third-order valence-electron chi connectivity index (χ3n) is 5.75. The summed E-state index contributed by atoms with van der Waals surface area (Å²) in [5.41, 5.74) is 5.12. The van der Waals surface area contributed by atoms with E-state index in [0.29, 0.717) is 16.8 Å². The highest BCUT2D eigenvalue weighted by Gasteiger charge is 2.38. The second-order valence-electron chi connectivity index (χ2n) is 7.72. The zero-order valence-electron chi connectivity index (χ0n) is 18.2. The maximum atomic E-state index is 13.6. The Kier molecular flexibility index (Phi) is 5.47. The number of aryl methyl sites for hydroxylation is 2. The van der Waals surface area contributed by atoms with E-state index in [2.05, 4.69) is 0 Å². The Balaban J connectivity index is 1.90. The van der Waals surface area contributed by atoms with Crippen LogP contribution < -0.4 is 4.90 Å². The minimum atomic E-state index is -0.480. The maximum absolute atomic E-state index is 13.6. The summed E-state index contributed by atoms with van der Waals surface area (Å²) in [6, 6.07) is 19.8. The van der Waals surface area contributed by atoms with Gasteiger partial charge in [-0.15, -0.1) is 0 Å². The average molecular weight is 412 g/mol. The first-order valence-electron chi connectivity index (χ1n) is 10.4. The van der Waals surface area contributed by atoms with Crippen LogP contribution in [0.25, 0.3) is 16.8 Å². The van der Waals surface area contributed by atoms with Gasteiger partial charge in [-0.25, -0.2) is 4.79 Å². The standard InChI is InChI=1S/C27H25NO3/c1-5-31-27(30)25-19(4)28(22-14-13-17(2)18(3)15-22)26(29)24(25)16-21-11-8-10-20-9-6-7-12-23(20)21/h6-16H,5H2,1-4H3. The number of rotatable bonds is 4. The number of anilines is 1. The number of carbonyl (C=O) groups is 2. The van der Waals surface area contributed by atoms with E-state index in [1.807, 2.05) is 80.6 Å². The minimum Gasteiger partial charge on any atom is -0.462 e. The molecule has 0 N–H and O–H groups in total. The van der Waals surface area contributed by atoms with Crippen molar-refractivity contribution in [1.29, 1.82) is 0 Å². The highest BCUT2D eigenvalue weighted by molar-refractivity contribution is 6.24. The Labute approximate surface area is 182 Å². The van der Waals surface area contributed by atoms with Crippen LogP contribution in [0.15, 0.2) is 77.5 Å². The normalized spacial score (nSPS) is 15.3. The maximum Gasteiger partial charge on any atom is 0.340 e. The molecule has 4 rings (SSSR count). The molecular weight excluding hydrogens is 386 g/mol. The van der Waals surface area contributed by atoms with Gasteiger partial charge >= 0.3 is 5.97 Å². The van der Waals surface area contributed by atoms with Crippen LogP contribution >= 0.6 is 0 Å². The molecule has 0 bridgehead atoms. The summed E-state index contributed by atoms with van der Waals surface area (Å²) in [6.07, 6.45) is 1.81. The Morgan fingerprint density at radius 3 is 2.45 bits per heavy atom. The third kappa shape index (κ3) is 3.66.